The number of nitrogens with zero attached hydrogens (tertiary/aromatic N) is 4. The number of hydrogen-bond donors (Lipinski definition) is 2. The van der Waals surface area contributed by atoms with Gasteiger partial charge in [0.25, 0.3) is 5.69 Å². The van der Waals surface area contributed by atoms with Gasteiger partial charge in [0.05, 0.1) is 28.8 Å². The van der Waals surface area contributed by atoms with Crippen molar-refractivity contribution in [3.8, 4) is 0 Å². The number of anilines is 1. The van der Waals surface area contributed by atoms with Crippen molar-refractivity contribution in [3.63, 3.8) is 0 Å². The molecule has 1 aromatic rings. The number of likely N-dealkylation sites (N-methyl/N-ethyl adjacent to an activating group) is 1. The number of methoxy groups -OCH3 is 1. The van der Waals surface area contributed by atoms with E-state index >= 15 is 0 Å². The molecule has 17 nitrogen and oxygen atoms in total. The van der Waals surface area contributed by atoms with E-state index in [0.717, 1.165) is 6.20 Å². The molecule has 17 heteroatoms. The summed E-state index contributed by atoms with van der Waals surface area (Å²) in [5, 5.41) is 25.5. The maximum absolute atomic E-state index is 14.6. The number of fused-ring (bicyclic) bond motifs is 1. The lowest BCUT2D eigenvalue weighted by Gasteiger charge is -2.47. The first kappa shape index (κ1) is 44.0. The summed E-state index contributed by atoms with van der Waals surface area (Å²) in [4.78, 5) is 74.3. The Morgan fingerprint density at radius 3 is 2.33 bits per heavy atom. The van der Waals surface area contributed by atoms with Crippen molar-refractivity contribution in [1.82, 2.24) is 14.8 Å². The van der Waals surface area contributed by atoms with Crippen LogP contribution in [0.1, 0.15) is 74.7 Å². The second-order valence-electron chi connectivity index (χ2n) is 16.0. The summed E-state index contributed by atoms with van der Waals surface area (Å²) in [7, 11) is 5.16. The molecule has 4 rings (SSSR count). The molecule has 4 heterocycles. The van der Waals surface area contributed by atoms with E-state index in [1.165, 1.54) is 31.1 Å². The van der Waals surface area contributed by atoms with Gasteiger partial charge in [-0.1, -0.05) is 27.7 Å². The van der Waals surface area contributed by atoms with E-state index in [0.29, 0.717) is 12.2 Å². The highest BCUT2D eigenvalue weighted by molar-refractivity contribution is 6.00. The molecule has 308 valence electrons. The van der Waals surface area contributed by atoms with Gasteiger partial charge in [-0.15, -0.1) is 0 Å². The van der Waals surface area contributed by atoms with Crippen molar-refractivity contribution in [1.29, 1.82) is 0 Å². The summed E-state index contributed by atoms with van der Waals surface area (Å²) in [6.07, 6.45) is -3.40. The van der Waals surface area contributed by atoms with E-state index in [1.54, 1.807) is 41.5 Å². The van der Waals surface area contributed by atoms with Crippen LogP contribution >= 0.6 is 0 Å². The zero-order chi connectivity index (χ0) is 41.2. The van der Waals surface area contributed by atoms with E-state index < -0.39 is 88.3 Å². The van der Waals surface area contributed by atoms with Crippen LogP contribution in [0.4, 0.5) is 16.3 Å². The Morgan fingerprint density at radius 1 is 1.09 bits per heavy atom. The Kier molecular flexibility index (Phi) is 14.0. The molecule has 0 aromatic carbocycles. The second kappa shape index (κ2) is 17.6. The molecule has 3 saturated heterocycles. The van der Waals surface area contributed by atoms with E-state index in [9.17, 15) is 34.4 Å². The fourth-order valence-electron chi connectivity index (χ4n) is 8.61. The minimum atomic E-state index is -1.50. The highest BCUT2D eigenvalue weighted by Crippen LogP contribution is 2.43. The van der Waals surface area contributed by atoms with Gasteiger partial charge in [0.1, 0.15) is 35.9 Å². The molecular weight excluding hydrogens is 718 g/mol. The van der Waals surface area contributed by atoms with Crippen molar-refractivity contribution in [2.75, 3.05) is 39.6 Å². The fourth-order valence-corrected chi connectivity index (χ4v) is 8.61. The summed E-state index contributed by atoms with van der Waals surface area (Å²) in [5.74, 6) is -5.02. The molecular formula is C38H59N5O12. The Hall–Kier alpha value is -3.77. The molecule has 0 spiro atoms. The zero-order valence-electron chi connectivity index (χ0n) is 33.8. The number of amides is 1. The number of cyclic esters (lactones) is 1. The Morgan fingerprint density at radius 2 is 1.76 bits per heavy atom. The highest BCUT2D eigenvalue weighted by Gasteiger charge is 2.60. The third kappa shape index (κ3) is 9.11. The van der Waals surface area contributed by atoms with Crippen LogP contribution in [0.3, 0.4) is 0 Å². The maximum atomic E-state index is 14.6. The molecule has 2 N–H and O–H groups in total. The van der Waals surface area contributed by atoms with Crippen LogP contribution in [0.2, 0.25) is 0 Å². The van der Waals surface area contributed by atoms with Crippen molar-refractivity contribution >= 4 is 35.1 Å². The molecule has 0 aliphatic carbocycles. The quantitative estimate of drug-likeness (QED) is 0.151. The summed E-state index contributed by atoms with van der Waals surface area (Å²) >= 11 is 0. The number of ketones is 2. The molecule has 0 bridgehead atoms. The number of aliphatic hydroxyl groups is 1. The summed E-state index contributed by atoms with van der Waals surface area (Å²) in [5.41, 5.74) is -2.98. The number of esters is 1. The summed E-state index contributed by atoms with van der Waals surface area (Å²) < 4.78 is 30.9. The fraction of sp³-hybridized carbons (Fsp3) is 0.763. The smallest absolute Gasteiger partial charge is 0.410 e. The van der Waals surface area contributed by atoms with Crippen LogP contribution in [0.25, 0.3) is 0 Å². The van der Waals surface area contributed by atoms with Crippen molar-refractivity contribution in [2.24, 2.45) is 23.7 Å². The second-order valence-corrected chi connectivity index (χ2v) is 16.0. The van der Waals surface area contributed by atoms with Crippen LogP contribution in [0, 0.1) is 33.8 Å². The molecule has 0 radical (unpaired) electrons. The maximum Gasteiger partial charge on any atom is 0.410 e. The van der Waals surface area contributed by atoms with Gasteiger partial charge in [-0.3, -0.25) is 29.4 Å². The Labute approximate surface area is 322 Å². The predicted octanol–water partition coefficient (Wildman–Crippen LogP) is 3.61. The van der Waals surface area contributed by atoms with Crippen LogP contribution < -0.4 is 5.32 Å². The lowest BCUT2D eigenvalue weighted by atomic mass is 9.73. The molecule has 0 saturated carbocycles. The molecule has 1 unspecified atom stereocenters. The van der Waals surface area contributed by atoms with Crippen LogP contribution in [0.15, 0.2) is 18.3 Å². The lowest BCUT2D eigenvalue weighted by Crippen LogP contribution is -2.60. The molecule has 3 aliphatic heterocycles. The number of carbonyl (C=O) groups is 4. The lowest BCUT2D eigenvalue weighted by molar-refractivity contribution is -0.385. The Bertz CT molecular complexity index is 1560. The van der Waals surface area contributed by atoms with Crippen molar-refractivity contribution < 1.29 is 52.9 Å². The number of hydrogen-bond acceptors (Lipinski definition) is 15. The summed E-state index contributed by atoms with van der Waals surface area (Å²) in [6.45, 7) is 13.7. The van der Waals surface area contributed by atoms with Gasteiger partial charge in [-0.2, -0.15) is 0 Å². The van der Waals surface area contributed by atoms with Gasteiger partial charge in [0, 0.05) is 50.1 Å². The minimum Gasteiger partial charge on any atom is -0.458 e. The average Bonchev–Trinajstić information content (AvgIpc) is 3.40. The molecule has 1 amide bonds. The van der Waals surface area contributed by atoms with Gasteiger partial charge < -0.3 is 39.0 Å². The zero-order valence-corrected chi connectivity index (χ0v) is 33.8. The number of nitro groups is 1. The third-order valence-corrected chi connectivity index (χ3v) is 11.8. The minimum absolute atomic E-state index is 0.0440. The molecule has 55 heavy (non-hydrogen) atoms. The van der Waals surface area contributed by atoms with Gasteiger partial charge in [0.2, 0.25) is 0 Å². The highest BCUT2D eigenvalue weighted by atomic mass is 16.7. The first-order chi connectivity index (χ1) is 25.7. The van der Waals surface area contributed by atoms with Gasteiger partial charge in [-0.05, 0) is 67.1 Å². The standard InChI is InChI=1S/C38H59N5O12/c1-12-27-38(8)32(42(36(48)55-38)16-15-39-28-14-13-25(19-40-28)43(49)50)22(4)29(44)20(2)18-37(7,51-11)33(23(5)30(45)24(6)34(47)53-27)54-35-31(46)26(41(9)10)17-21(3)52-35/h13-14,19-24,26-27,31-33,35,46H,12,15-18H2,1-11H3,(H,39,40)/t20-,21-,22-,23-,24-,26+,27+,31-,32+,33-,35?,37-,38-/m1/s1. The number of nitrogens with one attached hydrogen (secondary N) is 1. The summed E-state index contributed by atoms with van der Waals surface area (Å²) in [6, 6.07) is 1.53. The number of pyridine rings is 1. The molecule has 3 aliphatic rings. The molecule has 3 fully saturated rings. The number of rotatable bonds is 10. The normalized spacial score (nSPS) is 37.9. The number of ether oxygens (including phenoxy) is 5. The van der Waals surface area contributed by atoms with E-state index in [4.69, 9.17) is 23.7 Å². The average molecular weight is 778 g/mol. The van der Waals surface area contributed by atoms with Crippen LogP contribution in [0.5, 0.6) is 0 Å². The van der Waals surface area contributed by atoms with E-state index in [-0.39, 0.29) is 49.5 Å². The number of aliphatic hydroxyl groups excluding tert-OH is 1. The monoisotopic (exact) mass is 777 g/mol. The van der Waals surface area contributed by atoms with Gasteiger partial charge in [0.15, 0.2) is 17.7 Å². The number of carbonyl (C=O) groups excluding carboxylic acids is 4. The molecule has 13 atom stereocenters. The van der Waals surface area contributed by atoms with Crippen LogP contribution in [-0.2, 0) is 38.1 Å². The van der Waals surface area contributed by atoms with Crippen molar-refractivity contribution in [2.45, 2.75) is 129 Å². The topological polar surface area (TPSA) is 209 Å². The van der Waals surface area contributed by atoms with Gasteiger partial charge >= 0.3 is 12.1 Å². The largest absolute Gasteiger partial charge is 0.458 e. The molecule has 1 aromatic heterocycles. The predicted molar refractivity (Wildman–Crippen MR) is 199 cm³/mol. The SMILES string of the molecule is CC[C@@H]1OC(=O)[C@H](C)C(=O)[C@@H](C)[C@@H](OC2O[C@H](C)C[C@H](N(C)C)[C@H]2O)[C@](C)(OC)C[C@@H](C)C(=O)[C@@H](C)[C@@H]2N(CCNc3ccc([N+](=O)[O-])cn3)C(=O)O[C@]12C. The van der Waals surface area contributed by atoms with Crippen LogP contribution in [-0.4, -0.2) is 137 Å². The van der Waals surface area contributed by atoms with E-state index in [1.807, 2.05) is 25.9 Å². The van der Waals surface area contributed by atoms with Gasteiger partial charge in [-0.25, -0.2) is 9.78 Å². The van der Waals surface area contributed by atoms with E-state index in [2.05, 4.69) is 10.3 Å². The van der Waals surface area contributed by atoms with Crippen molar-refractivity contribution in [3.05, 3.63) is 28.4 Å². The Balaban J connectivity index is 1.72. The number of Topliss-reactive ketones (excluding diaryl/α,β-unsaturated/α-hetero) is 2. The first-order valence-corrected chi connectivity index (χ1v) is 19.0. The third-order valence-electron chi connectivity index (χ3n) is 11.8. The number of aromatic nitrogens is 1. The first-order valence-electron chi connectivity index (χ1n) is 19.0.